The molecule has 102 valence electrons. The van der Waals surface area contributed by atoms with Crippen LogP contribution < -0.4 is 5.32 Å². The van der Waals surface area contributed by atoms with Crippen LogP contribution in [0.4, 0.5) is 5.82 Å². The first-order chi connectivity index (χ1) is 9.18. The molecule has 0 bridgehead atoms. The first-order valence-corrected chi connectivity index (χ1v) is 7.56. The summed E-state index contributed by atoms with van der Waals surface area (Å²) in [5.74, 6) is 0.968. The summed E-state index contributed by atoms with van der Waals surface area (Å²) < 4.78 is 6.60. The number of nitrogens with zero attached hydrogens (tertiary/aromatic N) is 2. The van der Waals surface area contributed by atoms with Crippen molar-refractivity contribution in [3.8, 4) is 0 Å². The molecule has 1 aliphatic heterocycles. The summed E-state index contributed by atoms with van der Waals surface area (Å²) in [6, 6.07) is 0. The van der Waals surface area contributed by atoms with E-state index in [9.17, 15) is 0 Å². The highest BCUT2D eigenvalue weighted by Crippen LogP contribution is 2.32. The van der Waals surface area contributed by atoms with Gasteiger partial charge in [-0.3, -0.25) is 0 Å². The third-order valence-corrected chi connectivity index (χ3v) is 5.01. The SMILES string of the molecule is Cc1csc2c(NCC3(C)CCOCC3)ncnc12. The lowest BCUT2D eigenvalue weighted by atomic mass is 9.82. The molecule has 0 aliphatic carbocycles. The fraction of sp³-hybridized carbons (Fsp3) is 0.571. The van der Waals surface area contributed by atoms with Crippen molar-refractivity contribution < 1.29 is 4.74 Å². The minimum atomic E-state index is 0.307. The summed E-state index contributed by atoms with van der Waals surface area (Å²) in [6.07, 6.45) is 3.87. The average Bonchev–Trinajstić information content (AvgIpc) is 2.80. The summed E-state index contributed by atoms with van der Waals surface area (Å²) in [4.78, 5) is 8.75. The topological polar surface area (TPSA) is 47.0 Å². The number of rotatable bonds is 3. The van der Waals surface area contributed by atoms with Crippen molar-refractivity contribution in [3.63, 3.8) is 0 Å². The monoisotopic (exact) mass is 277 g/mol. The summed E-state index contributed by atoms with van der Waals surface area (Å²) in [5, 5.41) is 5.65. The van der Waals surface area contributed by atoms with Crippen LogP contribution in [0.5, 0.6) is 0 Å². The molecule has 0 aromatic carbocycles. The number of nitrogens with one attached hydrogen (secondary N) is 1. The molecule has 3 heterocycles. The highest BCUT2D eigenvalue weighted by Gasteiger charge is 2.27. The zero-order chi connectivity index (χ0) is 13.3. The lowest BCUT2D eigenvalue weighted by Gasteiger charge is -2.33. The van der Waals surface area contributed by atoms with Crippen LogP contribution in [0.15, 0.2) is 11.7 Å². The van der Waals surface area contributed by atoms with Crippen molar-refractivity contribution in [1.82, 2.24) is 9.97 Å². The van der Waals surface area contributed by atoms with Crippen molar-refractivity contribution in [1.29, 1.82) is 0 Å². The molecule has 0 atom stereocenters. The Morgan fingerprint density at radius 2 is 2.16 bits per heavy atom. The zero-order valence-corrected chi connectivity index (χ0v) is 12.2. The molecule has 0 spiro atoms. The normalized spacial score (nSPS) is 18.6. The van der Waals surface area contributed by atoms with Crippen molar-refractivity contribution in [2.45, 2.75) is 26.7 Å². The first-order valence-electron chi connectivity index (χ1n) is 6.68. The van der Waals surface area contributed by atoms with E-state index in [1.54, 1.807) is 17.7 Å². The summed E-state index contributed by atoms with van der Waals surface area (Å²) in [6.45, 7) is 7.10. The van der Waals surface area contributed by atoms with Gasteiger partial charge in [0.15, 0.2) is 0 Å². The molecular formula is C14H19N3OS. The Kier molecular flexibility index (Phi) is 3.41. The largest absolute Gasteiger partial charge is 0.381 e. The van der Waals surface area contributed by atoms with Crippen molar-refractivity contribution in [2.75, 3.05) is 25.1 Å². The second-order valence-corrected chi connectivity index (χ2v) is 6.47. The third kappa shape index (κ3) is 2.58. The molecular weight excluding hydrogens is 258 g/mol. The van der Waals surface area contributed by atoms with E-state index in [0.717, 1.165) is 48.6 Å². The van der Waals surface area contributed by atoms with Crippen LogP contribution in [-0.4, -0.2) is 29.7 Å². The Hall–Kier alpha value is -1.20. The van der Waals surface area contributed by atoms with Gasteiger partial charge < -0.3 is 10.1 Å². The summed E-state index contributed by atoms with van der Waals surface area (Å²) in [7, 11) is 0. The van der Waals surface area contributed by atoms with E-state index in [2.05, 4.69) is 34.5 Å². The van der Waals surface area contributed by atoms with E-state index in [-0.39, 0.29) is 0 Å². The van der Waals surface area contributed by atoms with Gasteiger partial charge >= 0.3 is 0 Å². The quantitative estimate of drug-likeness (QED) is 0.935. The van der Waals surface area contributed by atoms with Crippen molar-refractivity contribution in [2.24, 2.45) is 5.41 Å². The van der Waals surface area contributed by atoms with E-state index in [4.69, 9.17) is 4.74 Å². The minimum Gasteiger partial charge on any atom is -0.381 e. The molecule has 1 aliphatic rings. The van der Waals surface area contributed by atoms with Gasteiger partial charge in [-0.2, -0.15) is 0 Å². The zero-order valence-electron chi connectivity index (χ0n) is 11.4. The fourth-order valence-corrected chi connectivity index (χ4v) is 3.40. The van der Waals surface area contributed by atoms with Crippen LogP contribution in [0.1, 0.15) is 25.3 Å². The van der Waals surface area contributed by atoms with E-state index < -0.39 is 0 Å². The highest BCUT2D eigenvalue weighted by atomic mass is 32.1. The van der Waals surface area contributed by atoms with Gasteiger partial charge in [0.1, 0.15) is 12.1 Å². The number of aryl methyl sites for hydroxylation is 1. The van der Waals surface area contributed by atoms with Crippen molar-refractivity contribution in [3.05, 3.63) is 17.3 Å². The van der Waals surface area contributed by atoms with E-state index >= 15 is 0 Å². The number of fused-ring (bicyclic) bond motifs is 1. The molecule has 4 nitrogen and oxygen atoms in total. The van der Waals surface area contributed by atoms with Crippen LogP contribution >= 0.6 is 11.3 Å². The van der Waals surface area contributed by atoms with Gasteiger partial charge in [0, 0.05) is 19.8 Å². The molecule has 1 fully saturated rings. The maximum atomic E-state index is 5.44. The molecule has 0 radical (unpaired) electrons. The van der Waals surface area contributed by atoms with Gasteiger partial charge in [0.2, 0.25) is 0 Å². The summed E-state index contributed by atoms with van der Waals surface area (Å²) in [5.41, 5.74) is 2.60. The van der Waals surface area contributed by atoms with Gasteiger partial charge in [0.25, 0.3) is 0 Å². The molecule has 2 aromatic heterocycles. The maximum absolute atomic E-state index is 5.44. The number of ether oxygens (including phenoxy) is 1. The summed E-state index contributed by atoms with van der Waals surface area (Å²) >= 11 is 1.71. The number of hydrogen-bond acceptors (Lipinski definition) is 5. The Balaban J connectivity index is 1.78. The van der Waals surface area contributed by atoms with Crippen LogP contribution in [0.2, 0.25) is 0 Å². The van der Waals surface area contributed by atoms with Gasteiger partial charge in [-0.15, -0.1) is 11.3 Å². The number of thiophene rings is 1. The van der Waals surface area contributed by atoms with Gasteiger partial charge in [-0.05, 0) is 36.1 Å². The van der Waals surface area contributed by atoms with Crippen LogP contribution in [0.3, 0.4) is 0 Å². The van der Waals surface area contributed by atoms with E-state index in [1.807, 2.05) is 0 Å². The fourth-order valence-electron chi connectivity index (χ4n) is 2.43. The van der Waals surface area contributed by atoms with E-state index in [1.165, 1.54) is 5.56 Å². The molecule has 1 saturated heterocycles. The van der Waals surface area contributed by atoms with Gasteiger partial charge in [0.05, 0.1) is 10.2 Å². The predicted octanol–water partition coefficient (Wildman–Crippen LogP) is 3.23. The molecule has 2 aromatic rings. The van der Waals surface area contributed by atoms with Crippen LogP contribution in [0.25, 0.3) is 10.2 Å². The standard InChI is InChI=1S/C14H19N3OS/c1-10-7-19-12-11(10)16-9-17-13(12)15-8-14(2)3-5-18-6-4-14/h7,9H,3-6,8H2,1-2H3,(H,15,16,17). The number of aromatic nitrogens is 2. The minimum absolute atomic E-state index is 0.307. The third-order valence-electron chi connectivity index (χ3n) is 3.91. The van der Waals surface area contributed by atoms with Crippen LogP contribution in [-0.2, 0) is 4.74 Å². The predicted molar refractivity (Wildman–Crippen MR) is 78.8 cm³/mol. The lowest BCUT2D eigenvalue weighted by Crippen LogP contribution is -2.33. The highest BCUT2D eigenvalue weighted by molar-refractivity contribution is 7.18. The van der Waals surface area contributed by atoms with Crippen molar-refractivity contribution >= 4 is 27.4 Å². The molecule has 1 N–H and O–H groups in total. The Morgan fingerprint density at radius 3 is 2.95 bits per heavy atom. The van der Waals surface area contributed by atoms with Gasteiger partial charge in [-0.1, -0.05) is 6.92 Å². The Morgan fingerprint density at radius 1 is 1.37 bits per heavy atom. The Bertz CT molecular complexity index is 575. The molecule has 0 amide bonds. The molecule has 5 heteroatoms. The second kappa shape index (κ2) is 5.06. The first kappa shape index (κ1) is 12.8. The number of hydrogen-bond donors (Lipinski definition) is 1. The lowest BCUT2D eigenvalue weighted by molar-refractivity contribution is 0.0300. The van der Waals surface area contributed by atoms with Crippen LogP contribution in [0, 0.1) is 12.3 Å². The van der Waals surface area contributed by atoms with Gasteiger partial charge in [-0.25, -0.2) is 9.97 Å². The maximum Gasteiger partial charge on any atom is 0.147 e. The molecule has 0 saturated carbocycles. The molecule has 0 unspecified atom stereocenters. The molecule has 3 rings (SSSR count). The smallest absolute Gasteiger partial charge is 0.147 e. The average molecular weight is 277 g/mol. The Labute approximate surface area is 117 Å². The molecule has 19 heavy (non-hydrogen) atoms. The number of anilines is 1. The van der Waals surface area contributed by atoms with E-state index in [0.29, 0.717) is 5.41 Å². The second-order valence-electron chi connectivity index (χ2n) is 5.60.